The van der Waals surface area contributed by atoms with Crippen molar-refractivity contribution in [2.45, 2.75) is 30.4 Å². The van der Waals surface area contributed by atoms with Crippen molar-refractivity contribution < 1.29 is 13.7 Å². The molecule has 0 spiro atoms. The number of nitrogen functional groups attached to an aromatic ring is 1. The third-order valence-corrected chi connectivity index (χ3v) is 8.08. The molecule has 7 heteroatoms. The minimum Gasteiger partial charge on any atom is -0.466 e. The monoisotopic (exact) mass is 452 g/mol. The number of nitrogens with two attached hydrogens (primary N) is 1. The molecule has 1 aromatic carbocycles. The number of fused-ring (bicyclic) bond motifs is 1. The van der Waals surface area contributed by atoms with E-state index in [0.29, 0.717) is 35.1 Å². The van der Waals surface area contributed by atoms with Crippen LogP contribution in [0.15, 0.2) is 58.8 Å². The van der Waals surface area contributed by atoms with Gasteiger partial charge in [0.15, 0.2) is 0 Å². The van der Waals surface area contributed by atoms with E-state index in [2.05, 4.69) is 30.4 Å². The zero-order valence-corrected chi connectivity index (χ0v) is 18.9. The highest BCUT2D eigenvalue weighted by Gasteiger charge is 2.21. The van der Waals surface area contributed by atoms with Gasteiger partial charge in [0, 0.05) is 18.1 Å². The molecular weight excluding hydrogens is 428 g/mol. The largest absolute Gasteiger partial charge is 0.466 e. The van der Waals surface area contributed by atoms with E-state index in [9.17, 15) is 9.00 Å². The highest BCUT2D eigenvalue weighted by atomic mass is 32.2. The number of benzene rings is 1. The van der Waals surface area contributed by atoms with Gasteiger partial charge in [-0.05, 0) is 42.0 Å². The molecule has 0 saturated carbocycles. The van der Waals surface area contributed by atoms with Crippen molar-refractivity contribution in [2.75, 3.05) is 18.1 Å². The number of nitrogens with zero attached hydrogens (tertiary/aromatic N) is 1. The Labute approximate surface area is 188 Å². The second-order valence-corrected chi connectivity index (χ2v) is 10.1. The summed E-state index contributed by atoms with van der Waals surface area (Å²) in [4.78, 5) is 16.6. The average molecular weight is 453 g/mol. The lowest BCUT2D eigenvalue weighted by atomic mass is 10.00. The number of allylic oxidation sites excluding steroid dienone is 4. The van der Waals surface area contributed by atoms with E-state index >= 15 is 0 Å². The molecule has 31 heavy (non-hydrogen) atoms. The van der Waals surface area contributed by atoms with Crippen LogP contribution in [0.2, 0.25) is 0 Å². The molecule has 0 fully saturated rings. The predicted molar refractivity (Wildman–Crippen MR) is 128 cm³/mol. The summed E-state index contributed by atoms with van der Waals surface area (Å²) >= 11 is 1.41. The van der Waals surface area contributed by atoms with Crippen LogP contribution in [0.1, 0.15) is 31.9 Å². The lowest BCUT2D eigenvalue weighted by molar-refractivity contribution is -0.141. The fourth-order valence-corrected chi connectivity index (χ4v) is 6.27. The number of thiophene rings is 1. The van der Waals surface area contributed by atoms with Gasteiger partial charge < -0.3 is 10.5 Å². The molecule has 1 unspecified atom stereocenters. The number of aromatic nitrogens is 1. The van der Waals surface area contributed by atoms with Gasteiger partial charge in [-0.2, -0.15) is 0 Å². The van der Waals surface area contributed by atoms with Crippen molar-refractivity contribution in [3.8, 4) is 11.1 Å². The molecule has 0 radical (unpaired) electrons. The molecule has 3 aromatic rings. The maximum atomic E-state index is 13.0. The Morgan fingerprint density at radius 3 is 2.77 bits per heavy atom. The van der Waals surface area contributed by atoms with Crippen LogP contribution in [0, 0.1) is 0 Å². The number of hydrogen-bond acceptors (Lipinski definition) is 6. The molecule has 4 rings (SSSR count). The van der Waals surface area contributed by atoms with Crippen molar-refractivity contribution in [1.82, 2.24) is 4.98 Å². The van der Waals surface area contributed by atoms with Crippen LogP contribution in [0.4, 0.5) is 5.69 Å². The Bertz CT molecular complexity index is 1200. The molecule has 1 atom stereocenters. The third kappa shape index (κ3) is 4.78. The summed E-state index contributed by atoms with van der Waals surface area (Å²) in [5, 5.41) is 0.870. The molecule has 0 saturated heterocycles. The zero-order valence-electron chi connectivity index (χ0n) is 17.3. The Morgan fingerprint density at radius 2 is 2.06 bits per heavy atom. The molecule has 1 aliphatic carbocycles. The summed E-state index contributed by atoms with van der Waals surface area (Å²) in [6, 6.07) is 12.2. The zero-order chi connectivity index (χ0) is 21.8. The molecule has 2 N–H and O–H groups in total. The predicted octanol–water partition coefficient (Wildman–Crippen LogP) is 5.34. The summed E-state index contributed by atoms with van der Waals surface area (Å²) in [5.74, 6) is 0.179. The Kier molecular flexibility index (Phi) is 6.63. The molecule has 5 nitrogen and oxygen atoms in total. The van der Waals surface area contributed by atoms with E-state index in [1.807, 2.05) is 24.3 Å². The number of unbranched alkanes of at least 4 members (excludes halogenated alkanes) is 1. The Hall–Kier alpha value is -2.77. The number of carbonyl (C=O) groups excluding carboxylic acids is 1. The van der Waals surface area contributed by atoms with E-state index in [-0.39, 0.29) is 5.97 Å². The van der Waals surface area contributed by atoms with E-state index in [4.69, 9.17) is 15.5 Å². The van der Waals surface area contributed by atoms with Crippen LogP contribution in [-0.2, 0) is 20.3 Å². The first kappa shape index (κ1) is 21.5. The molecule has 1 aliphatic rings. The third-order valence-electron chi connectivity index (χ3n) is 5.09. The van der Waals surface area contributed by atoms with E-state index in [0.717, 1.165) is 33.5 Å². The maximum Gasteiger partial charge on any atom is 0.302 e. The van der Waals surface area contributed by atoms with Crippen molar-refractivity contribution in [1.29, 1.82) is 0 Å². The number of hydrogen-bond donors (Lipinski definition) is 1. The Balaban J connectivity index is 1.68. The minimum absolute atomic E-state index is 0.294. The van der Waals surface area contributed by atoms with Gasteiger partial charge in [0.2, 0.25) is 0 Å². The van der Waals surface area contributed by atoms with Gasteiger partial charge in [0.25, 0.3) is 0 Å². The first-order valence-electron chi connectivity index (χ1n) is 10.2. The van der Waals surface area contributed by atoms with E-state index in [1.165, 1.54) is 23.8 Å². The van der Waals surface area contributed by atoms with Crippen LogP contribution in [0.25, 0.3) is 26.9 Å². The van der Waals surface area contributed by atoms with Gasteiger partial charge in [-0.1, -0.05) is 48.6 Å². The van der Waals surface area contributed by atoms with E-state index < -0.39 is 10.8 Å². The summed E-state index contributed by atoms with van der Waals surface area (Å²) in [6.07, 6.45) is 8.47. The van der Waals surface area contributed by atoms with Crippen molar-refractivity contribution in [2.24, 2.45) is 0 Å². The number of anilines is 1. The summed E-state index contributed by atoms with van der Waals surface area (Å²) < 4.78 is 18.6. The first-order valence-corrected chi connectivity index (χ1v) is 12.3. The summed E-state index contributed by atoms with van der Waals surface area (Å²) in [7, 11) is -1.23. The van der Waals surface area contributed by atoms with Crippen LogP contribution in [-0.4, -0.2) is 27.5 Å². The van der Waals surface area contributed by atoms with Gasteiger partial charge in [-0.25, -0.2) is 4.98 Å². The van der Waals surface area contributed by atoms with Gasteiger partial charge >= 0.3 is 5.97 Å². The van der Waals surface area contributed by atoms with Crippen LogP contribution >= 0.6 is 11.3 Å². The first-order chi connectivity index (χ1) is 15.0. The van der Waals surface area contributed by atoms with E-state index in [1.54, 1.807) is 0 Å². The second-order valence-electron chi connectivity index (χ2n) is 7.33. The Morgan fingerprint density at radius 1 is 1.26 bits per heavy atom. The van der Waals surface area contributed by atoms with Crippen LogP contribution in [0.5, 0.6) is 0 Å². The fraction of sp³-hybridized carbons (Fsp3) is 0.250. The van der Waals surface area contributed by atoms with Gasteiger partial charge in [0.1, 0.15) is 9.04 Å². The number of esters is 1. The van der Waals surface area contributed by atoms with Gasteiger partial charge in [-0.15, -0.1) is 11.3 Å². The lowest BCUT2D eigenvalue weighted by Crippen LogP contribution is -2.04. The van der Waals surface area contributed by atoms with Crippen LogP contribution in [0.3, 0.4) is 0 Å². The van der Waals surface area contributed by atoms with Crippen molar-refractivity contribution >= 4 is 49.6 Å². The molecule has 0 amide bonds. The molecule has 160 valence electrons. The van der Waals surface area contributed by atoms with Gasteiger partial charge in [0.05, 0.1) is 28.8 Å². The number of ether oxygens (including phenoxy) is 1. The highest BCUT2D eigenvalue weighted by Crippen LogP contribution is 2.42. The fourth-order valence-electron chi connectivity index (χ4n) is 3.56. The summed E-state index contributed by atoms with van der Waals surface area (Å²) in [5.41, 5.74) is 11.3. The minimum atomic E-state index is -1.23. The number of rotatable bonds is 8. The highest BCUT2D eigenvalue weighted by molar-refractivity contribution is 7.87. The molecule has 0 aliphatic heterocycles. The standard InChI is InChI=1S/C24H24N2O3S2/c1-16(27)29-13-7-8-14-31(28)24-22(25)21-19(17-9-3-2-4-10-17)15-20(26-23(21)30-24)18-11-5-6-12-18/h2-6,9-11,15H,7-8,12-14,25H2,1H3. The summed E-state index contributed by atoms with van der Waals surface area (Å²) in [6.45, 7) is 1.74. The van der Waals surface area contributed by atoms with Crippen molar-refractivity contribution in [3.05, 3.63) is 60.3 Å². The normalized spacial score (nSPS) is 14.0. The second kappa shape index (κ2) is 9.58. The van der Waals surface area contributed by atoms with Crippen molar-refractivity contribution in [3.63, 3.8) is 0 Å². The quantitative estimate of drug-likeness (QED) is 0.368. The number of pyridine rings is 1. The average Bonchev–Trinajstić information content (AvgIpc) is 3.42. The molecule has 2 heterocycles. The molecule has 2 aromatic heterocycles. The molecule has 0 bridgehead atoms. The topological polar surface area (TPSA) is 82.3 Å². The smallest absolute Gasteiger partial charge is 0.302 e. The molecular formula is C24H24N2O3S2. The maximum absolute atomic E-state index is 13.0. The van der Waals surface area contributed by atoms with Crippen LogP contribution < -0.4 is 5.73 Å². The van der Waals surface area contributed by atoms with Gasteiger partial charge in [-0.3, -0.25) is 9.00 Å². The lowest BCUT2D eigenvalue weighted by Gasteiger charge is -2.09. The number of carbonyl (C=O) groups is 1. The SMILES string of the molecule is CC(=O)OCCCCS(=O)c1sc2nc(C3=CC=CC3)cc(-c3ccccc3)c2c1N.